The summed E-state index contributed by atoms with van der Waals surface area (Å²) in [4.78, 5) is 0. The zero-order valence-electron chi connectivity index (χ0n) is 9.58. The van der Waals surface area contributed by atoms with Gasteiger partial charge >= 0.3 is 0 Å². The second kappa shape index (κ2) is 4.21. The maximum absolute atomic E-state index is 5.65. The van der Waals surface area contributed by atoms with Crippen LogP contribution in [0.25, 0.3) is 0 Å². The highest BCUT2D eigenvalue weighted by Crippen LogP contribution is 2.50. The average Bonchev–Trinajstić information content (AvgIpc) is 3.20. The van der Waals surface area contributed by atoms with Gasteiger partial charge in [-0.2, -0.15) is 0 Å². The predicted octanol–water partition coefficient (Wildman–Crippen LogP) is 4.81. The number of halogens is 1. The van der Waals surface area contributed by atoms with E-state index >= 15 is 0 Å². The second-order valence-corrected chi connectivity index (χ2v) is 5.68. The quantitative estimate of drug-likeness (QED) is 0.721. The van der Waals surface area contributed by atoms with Crippen LogP contribution in [0.5, 0.6) is 5.75 Å². The Balaban J connectivity index is 1.98. The molecule has 2 fully saturated rings. The lowest BCUT2D eigenvalue weighted by Crippen LogP contribution is -2.00. The minimum atomic E-state index is 0.670. The molecule has 86 valence electrons. The van der Waals surface area contributed by atoms with Gasteiger partial charge in [-0.15, -0.1) is 0 Å². The number of benzene rings is 1. The van der Waals surface area contributed by atoms with Gasteiger partial charge in [-0.05, 0) is 54.6 Å². The molecule has 0 heterocycles. The molecule has 0 N–H and O–H groups in total. The fourth-order valence-electron chi connectivity index (χ4n) is 2.59. The smallest absolute Gasteiger partial charge is 0.192 e. The highest BCUT2D eigenvalue weighted by Gasteiger charge is 2.33. The van der Waals surface area contributed by atoms with E-state index in [1.54, 1.807) is 0 Å². The van der Waals surface area contributed by atoms with E-state index in [0.29, 0.717) is 5.92 Å². The molecule has 0 radical (unpaired) electrons. The van der Waals surface area contributed by atoms with E-state index in [2.05, 4.69) is 25.1 Å². The summed E-state index contributed by atoms with van der Waals surface area (Å²) in [5.41, 5.74) is 2.88. The largest absolute Gasteiger partial charge is 0.427 e. The van der Waals surface area contributed by atoms with Crippen molar-refractivity contribution in [3.8, 4) is 5.75 Å². The van der Waals surface area contributed by atoms with Crippen LogP contribution in [-0.4, -0.2) is 0 Å². The van der Waals surface area contributed by atoms with Gasteiger partial charge in [0.15, 0.2) is 23.0 Å². The molecule has 1 atom stereocenters. The van der Waals surface area contributed by atoms with Crippen molar-refractivity contribution in [2.75, 3.05) is 0 Å². The molecule has 1 aromatic carbocycles. The first-order valence-electron chi connectivity index (χ1n) is 6.22. The molecular weight excluding hydrogens is 311 g/mol. The minimum absolute atomic E-state index is 0.670. The highest BCUT2D eigenvalue weighted by atomic mass is 127. The molecule has 2 saturated carbocycles. The van der Waals surface area contributed by atoms with E-state index in [1.807, 2.05) is 23.0 Å². The molecule has 16 heavy (non-hydrogen) atoms. The molecule has 3 rings (SSSR count). The molecule has 0 spiro atoms. The fraction of sp³-hybridized carbons (Fsp3) is 0.571. The molecule has 1 nitrogen and oxygen atoms in total. The normalized spacial score (nSPS) is 21.9. The van der Waals surface area contributed by atoms with Gasteiger partial charge in [-0.1, -0.05) is 25.1 Å². The molecule has 0 saturated heterocycles. The van der Waals surface area contributed by atoms with Crippen LogP contribution in [0.1, 0.15) is 55.6 Å². The maximum atomic E-state index is 5.65. The van der Waals surface area contributed by atoms with Crippen molar-refractivity contribution in [2.24, 2.45) is 5.92 Å². The number of para-hydroxylation sites is 1. The topological polar surface area (TPSA) is 9.23 Å². The molecule has 2 aliphatic carbocycles. The van der Waals surface area contributed by atoms with Crippen LogP contribution in [0.4, 0.5) is 0 Å². The van der Waals surface area contributed by atoms with Crippen LogP contribution < -0.4 is 3.07 Å². The molecule has 2 heteroatoms. The summed E-state index contributed by atoms with van der Waals surface area (Å²) in [6, 6.07) is 6.71. The van der Waals surface area contributed by atoms with Crippen LogP contribution in [-0.2, 0) is 0 Å². The van der Waals surface area contributed by atoms with E-state index in [-0.39, 0.29) is 0 Å². The van der Waals surface area contributed by atoms with Crippen LogP contribution in [0.3, 0.4) is 0 Å². The minimum Gasteiger partial charge on any atom is -0.427 e. The summed E-state index contributed by atoms with van der Waals surface area (Å²) < 4.78 is 5.65. The first-order chi connectivity index (χ1) is 7.81. The summed E-state index contributed by atoms with van der Waals surface area (Å²) in [7, 11) is 0. The lowest BCUT2D eigenvalue weighted by molar-refractivity contribution is 0.615. The lowest BCUT2D eigenvalue weighted by atomic mass is 9.92. The Morgan fingerprint density at radius 1 is 1.25 bits per heavy atom. The van der Waals surface area contributed by atoms with Crippen LogP contribution in [0, 0.1) is 5.92 Å². The Bertz CT molecular complexity index is 394. The van der Waals surface area contributed by atoms with Crippen molar-refractivity contribution < 1.29 is 3.07 Å². The average molecular weight is 328 g/mol. The number of rotatable bonds is 4. The van der Waals surface area contributed by atoms with E-state index in [4.69, 9.17) is 3.07 Å². The van der Waals surface area contributed by atoms with Gasteiger partial charge in [0, 0.05) is 0 Å². The molecule has 1 aromatic rings. The van der Waals surface area contributed by atoms with E-state index in [1.165, 1.54) is 42.6 Å². The third-order valence-electron chi connectivity index (χ3n) is 3.99. The van der Waals surface area contributed by atoms with E-state index in [0.717, 1.165) is 11.8 Å². The van der Waals surface area contributed by atoms with Crippen molar-refractivity contribution in [3.63, 3.8) is 0 Å². The number of hydrogen-bond donors (Lipinski definition) is 0. The molecule has 0 amide bonds. The van der Waals surface area contributed by atoms with Gasteiger partial charge in [-0.25, -0.2) is 0 Å². The number of hydrogen-bond acceptors (Lipinski definition) is 1. The molecule has 0 bridgehead atoms. The van der Waals surface area contributed by atoms with Crippen LogP contribution in [0.15, 0.2) is 18.2 Å². The van der Waals surface area contributed by atoms with Gasteiger partial charge < -0.3 is 3.07 Å². The first-order valence-corrected chi connectivity index (χ1v) is 7.10. The van der Waals surface area contributed by atoms with Crippen LogP contribution in [0.2, 0.25) is 0 Å². The third-order valence-corrected chi connectivity index (χ3v) is 4.43. The molecular formula is C14H17IO. The zero-order chi connectivity index (χ0) is 11.1. The Morgan fingerprint density at radius 2 is 2.00 bits per heavy atom. The van der Waals surface area contributed by atoms with Gasteiger partial charge in [0.25, 0.3) is 0 Å². The second-order valence-electron chi connectivity index (χ2n) is 5.24. The Hall–Kier alpha value is -0.250. The predicted molar refractivity (Wildman–Crippen MR) is 74.2 cm³/mol. The highest BCUT2D eigenvalue weighted by molar-refractivity contribution is 14.1. The lowest BCUT2D eigenvalue weighted by Gasteiger charge is -2.17. The van der Waals surface area contributed by atoms with E-state index in [9.17, 15) is 0 Å². The van der Waals surface area contributed by atoms with Crippen molar-refractivity contribution in [1.82, 2.24) is 0 Å². The summed E-state index contributed by atoms with van der Waals surface area (Å²) in [6.07, 6.45) is 5.48. The fourth-order valence-corrected chi connectivity index (χ4v) is 3.10. The Labute approximate surface area is 111 Å². The van der Waals surface area contributed by atoms with Crippen LogP contribution >= 0.6 is 23.0 Å². The summed E-state index contributed by atoms with van der Waals surface area (Å²) in [5, 5.41) is 0. The Morgan fingerprint density at radius 3 is 2.56 bits per heavy atom. The zero-order valence-corrected chi connectivity index (χ0v) is 11.7. The van der Waals surface area contributed by atoms with Gasteiger partial charge in [0.1, 0.15) is 5.75 Å². The van der Waals surface area contributed by atoms with E-state index < -0.39 is 0 Å². The van der Waals surface area contributed by atoms with Gasteiger partial charge in [0.05, 0.1) is 0 Å². The maximum Gasteiger partial charge on any atom is 0.192 e. The summed E-state index contributed by atoms with van der Waals surface area (Å²) in [5.74, 6) is 3.52. The SMILES string of the molecule is CC(c1cccc(C2CC2)c1OI)C1CC1. The van der Waals surface area contributed by atoms with Crippen molar-refractivity contribution in [1.29, 1.82) is 0 Å². The van der Waals surface area contributed by atoms with Crippen molar-refractivity contribution >= 4 is 23.0 Å². The first kappa shape index (κ1) is 10.9. The molecule has 2 aliphatic rings. The Kier molecular flexibility index (Phi) is 2.86. The molecule has 1 unspecified atom stereocenters. The summed E-state index contributed by atoms with van der Waals surface area (Å²) >= 11 is 2.04. The van der Waals surface area contributed by atoms with Crippen molar-refractivity contribution in [3.05, 3.63) is 29.3 Å². The van der Waals surface area contributed by atoms with Gasteiger partial charge in [0.2, 0.25) is 0 Å². The van der Waals surface area contributed by atoms with Crippen molar-refractivity contribution in [2.45, 2.75) is 44.4 Å². The summed E-state index contributed by atoms with van der Waals surface area (Å²) in [6.45, 7) is 2.35. The monoisotopic (exact) mass is 328 g/mol. The molecule has 0 aliphatic heterocycles. The molecule has 0 aromatic heterocycles. The standard InChI is InChI=1S/C14H17IO/c1-9(10-5-6-10)12-3-2-4-13(11-7-8-11)14(12)16-15/h2-4,9-11H,5-8H2,1H3. The third kappa shape index (κ3) is 1.96. The van der Waals surface area contributed by atoms with Gasteiger partial charge in [-0.3, -0.25) is 0 Å².